The second kappa shape index (κ2) is 29.4. The van der Waals surface area contributed by atoms with E-state index in [9.17, 15) is 75.5 Å². The molecule has 513 valence electrons. The molecule has 0 aliphatic carbocycles. The van der Waals surface area contributed by atoms with Gasteiger partial charge in [0, 0.05) is 56.8 Å². The van der Waals surface area contributed by atoms with E-state index in [4.69, 9.17) is 19.9 Å². The van der Waals surface area contributed by atoms with Crippen LogP contribution in [0.3, 0.4) is 0 Å². The summed E-state index contributed by atoms with van der Waals surface area (Å²) in [6, 6.07) is 67.0. The second-order valence-electron chi connectivity index (χ2n) is 19.4. The molecule has 0 bridgehead atoms. The summed E-state index contributed by atoms with van der Waals surface area (Å²) in [6.45, 7) is 0. The van der Waals surface area contributed by atoms with E-state index in [1.807, 2.05) is 208 Å². The van der Waals surface area contributed by atoms with Crippen LogP contribution in [0.15, 0.2) is 250 Å². The number of fused-ring (bicyclic) bond motifs is 2. The summed E-state index contributed by atoms with van der Waals surface area (Å²) < 4.78 is 182. The van der Waals surface area contributed by atoms with Gasteiger partial charge in [0.05, 0.1) is 68.1 Å². The second-order valence-corrected chi connectivity index (χ2v) is 25.1. The molecule has 0 fully saturated rings. The number of halogens is 18. The zero-order chi connectivity index (χ0) is 69.5. The van der Waals surface area contributed by atoms with E-state index in [1.165, 1.54) is 0 Å². The molecule has 0 atom stereocenters. The number of aromatic nitrogens is 13. The molecule has 0 spiro atoms. The average molecular weight is 1600 g/mol. The molecule has 13 aromatic rings. The number of imidazole rings is 2. The molecule has 0 saturated carbocycles. The number of aryl methyl sites for hydroxylation is 2. The van der Waals surface area contributed by atoms with E-state index < -0.39 is 23.4 Å². The van der Waals surface area contributed by atoms with Crippen molar-refractivity contribution >= 4 is 45.5 Å². The van der Waals surface area contributed by atoms with E-state index in [-0.39, 0.29) is 39.0 Å². The maximum Gasteiger partial charge on any atom is 2.00 e. The van der Waals surface area contributed by atoms with E-state index in [2.05, 4.69) is 56.2 Å². The molecule has 10 aromatic heterocycles. The molecule has 13 nitrogen and oxygen atoms in total. The van der Waals surface area contributed by atoms with Gasteiger partial charge >= 0.3 is 138 Å². The summed E-state index contributed by atoms with van der Waals surface area (Å²) in [7, 11) is -27.9. The van der Waals surface area contributed by atoms with Crippen molar-refractivity contribution in [3.05, 3.63) is 250 Å². The van der Waals surface area contributed by atoms with Gasteiger partial charge in [-0.3, -0.25) is 29.9 Å². The summed E-state index contributed by atoms with van der Waals surface area (Å²) in [5, 5.41) is 0. The molecule has 0 unspecified atom stereocenters. The molecular formula is C61H47F18N13P3Ru2. The van der Waals surface area contributed by atoms with Gasteiger partial charge in [-0.05, 0) is 109 Å². The maximum atomic E-state index is 9.87. The van der Waals surface area contributed by atoms with Crippen LogP contribution in [-0.4, -0.2) is 64.0 Å². The van der Waals surface area contributed by atoms with Crippen LogP contribution in [0.4, 0.5) is 75.5 Å². The first kappa shape index (κ1) is 78.7. The SMILES string of the molecule is Cn1c(-c2cccc(-c3nc4ccccc4n3C)n2)nc2ccccc21.F[P-](F)(F)(F)(F)F.F[P-](F)(F)(F)(F)F.F[P-](F)(F)(F)(F)F.[Ru+2].[Ru+].c1ccc(-c2ccccn2)nc1.c1ccc(-c2ccccn2)nc1.c1ccc(-c2cnc(-c3ccccn3)c(-c3ccccn3)n2)cc1. The molecule has 36 heteroatoms. The fourth-order valence-electron chi connectivity index (χ4n) is 8.00. The monoisotopic (exact) mass is 1600 g/mol. The summed E-state index contributed by atoms with van der Waals surface area (Å²) in [5.41, 5.74) is 14.3. The fourth-order valence-corrected chi connectivity index (χ4v) is 8.00. The Bertz CT molecular complexity index is 4310. The van der Waals surface area contributed by atoms with Crippen molar-refractivity contribution in [1.82, 2.24) is 64.0 Å². The third-order valence-electron chi connectivity index (χ3n) is 11.6. The first-order chi connectivity index (χ1) is 43.9. The zero-order valence-corrected chi connectivity index (χ0v) is 55.5. The summed E-state index contributed by atoms with van der Waals surface area (Å²) >= 11 is 0. The van der Waals surface area contributed by atoms with Crippen LogP contribution >= 0.6 is 23.4 Å². The Morgan fingerprint density at radius 2 is 0.526 bits per heavy atom. The van der Waals surface area contributed by atoms with Crippen LogP contribution in [0.2, 0.25) is 0 Å². The van der Waals surface area contributed by atoms with Crippen LogP contribution in [-0.2, 0) is 53.1 Å². The van der Waals surface area contributed by atoms with Gasteiger partial charge in [0.2, 0.25) is 0 Å². The van der Waals surface area contributed by atoms with Crippen molar-refractivity contribution in [2.75, 3.05) is 0 Å². The number of rotatable bonds is 7. The number of hydrogen-bond acceptors (Lipinski definition) is 11. The van der Waals surface area contributed by atoms with E-state index in [0.717, 1.165) is 102 Å². The first-order valence-corrected chi connectivity index (χ1v) is 32.9. The van der Waals surface area contributed by atoms with Crippen molar-refractivity contribution in [2.24, 2.45) is 14.1 Å². The van der Waals surface area contributed by atoms with Gasteiger partial charge in [-0.2, -0.15) is 0 Å². The van der Waals surface area contributed by atoms with Gasteiger partial charge in [0.15, 0.2) is 11.6 Å². The molecule has 0 aliphatic rings. The molecule has 3 aromatic carbocycles. The van der Waals surface area contributed by atoms with Crippen molar-refractivity contribution < 1.29 is 115 Å². The topological polar surface area (TPSA) is 152 Å². The third kappa shape index (κ3) is 30.3. The number of pyridine rings is 7. The minimum absolute atomic E-state index is 0. The molecule has 0 amide bonds. The minimum Gasteiger partial charge on any atom is -0.255 e. The van der Waals surface area contributed by atoms with Crippen molar-refractivity contribution in [3.8, 4) is 79.8 Å². The third-order valence-corrected chi connectivity index (χ3v) is 11.6. The predicted octanol–water partition coefficient (Wildman–Crippen LogP) is 22.9. The van der Waals surface area contributed by atoms with E-state index >= 15 is 0 Å². The van der Waals surface area contributed by atoms with Crippen molar-refractivity contribution in [2.45, 2.75) is 0 Å². The standard InChI is InChI=1S/C21H17N5.C20H14N4.2C10H8N2.3F6P.2Ru/c1-25-18-12-5-3-8-14(18)23-20(25)16-10-7-11-17(22-16)21-24-15-9-4-6-13-19(15)26(21)2;1-2-8-15(9-3-1)18-14-23-19(16-10-4-6-12-21-16)20(24-18)17-11-5-7-13-22-17;2*1-3-7-11-9(5-1)10-6-2-4-8-12-10;3*1-7(2,3,4,5)6;;/h3-13H,1-2H3;1-14H;2*1-8H;;;;;/q;;;;3*-1;+1;+2. The Morgan fingerprint density at radius 1 is 0.258 bits per heavy atom. The Hall–Kier alpha value is -8.99. The van der Waals surface area contributed by atoms with Gasteiger partial charge in [-0.1, -0.05) is 97.1 Å². The van der Waals surface area contributed by atoms with Crippen molar-refractivity contribution in [1.29, 1.82) is 0 Å². The van der Waals surface area contributed by atoms with E-state index in [0.29, 0.717) is 0 Å². The first-order valence-electron chi connectivity index (χ1n) is 26.8. The summed E-state index contributed by atoms with van der Waals surface area (Å²) in [5.74, 6) is 1.71. The summed E-state index contributed by atoms with van der Waals surface area (Å²) in [6.07, 6.45) is 12.4. The Kier molecular flexibility index (Phi) is 23.8. The maximum absolute atomic E-state index is 10.7. The Labute approximate surface area is 564 Å². The normalized spacial score (nSPS) is 13.1. The van der Waals surface area contributed by atoms with Crippen LogP contribution in [0.25, 0.3) is 102 Å². The largest absolute Gasteiger partial charge is 2.00 e. The number of para-hydroxylation sites is 4. The average Bonchev–Trinajstić information content (AvgIpc) is 1.64. The smallest absolute Gasteiger partial charge is 0.255 e. The Balaban J connectivity index is 0.000000219. The van der Waals surface area contributed by atoms with E-state index in [1.54, 1.807) is 43.4 Å². The predicted molar refractivity (Wildman–Crippen MR) is 333 cm³/mol. The quantitative estimate of drug-likeness (QED) is 0.0852. The molecule has 0 aliphatic heterocycles. The van der Waals surface area contributed by atoms with Crippen LogP contribution in [0, 0.1) is 0 Å². The minimum atomic E-state index is -10.7. The summed E-state index contributed by atoms with van der Waals surface area (Å²) in [4.78, 5) is 49.4. The van der Waals surface area contributed by atoms with Crippen molar-refractivity contribution in [3.63, 3.8) is 0 Å². The Morgan fingerprint density at radius 3 is 0.825 bits per heavy atom. The van der Waals surface area contributed by atoms with Gasteiger partial charge in [0.1, 0.15) is 22.8 Å². The van der Waals surface area contributed by atoms with Crippen LogP contribution < -0.4 is 0 Å². The molecule has 10 heterocycles. The molecule has 0 saturated heterocycles. The molecule has 1 radical (unpaired) electrons. The number of hydrogen-bond donors (Lipinski definition) is 0. The molecule has 13 rings (SSSR count). The number of nitrogens with zero attached hydrogens (tertiary/aromatic N) is 13. The molecule has 0 N–H and O–H groups in total. The van der Waals surface area contributed by atoms with Gasteiger partial charge in [0.25, 0.3) is 0 Å². The molecular weight excluding hydrogens is 1550 g/mol. The van der Waals surface area contributed by atoms with Gasteiger partial charge in [-0.25, -0.2) is 24.9 Å². The fraction of sp³-hybridized carbons (Fsp3) is 0.0328. The van der Waals surface area contributed by atoms with Crippen LogP contribution in [0.5, 0.6) is 0 Å². The zero-order valence-electron chi connectivity index (χ0n) is 49.3. The molecule has 97 heavy (non-hydrogen) atoms. The van der Waals surface area contributed by atoms with Gasteiger partial charge < -0.3 is 9.13 Å². The number of benzene rings is 3. The van der Waals surface area contributed by atoms with Gasteiger partial charge in [-0.15, -0.1) is 0 Å². The van der Waals surface area contributed by atoms with Crippen LogP contribution in [0.1, 0.15) is 0 Å².